The van der Waals surface area contributed by atoms with E-state index in [-0.39, 0.29) is 11.9 Å². The van der Waals surface area contributed by atoms with Crippen molar-refractivity contribution < 1.29 is 9.13 Å². The molecule has 0 spiro atoms. The van der Waals surface area contributed by atoms with Crippen LogP contribution in [0, 0.1) is 12.7 Å². The summed E-state index contributed by atoms with van der Waals surface area (Å²) in [6, 6.07) is 11.0. The molecule has 3 aromatic rings. The monoisotopic (exact) mass is 482 g/mol. The molecule has 0 saturated carbocycles. The topological polar surface area (TPSA) is 57.6 Å². The van der Waals surface area contributed by atoms with Gasteiger partial charge in [0, 0.05) is 56.6 Å². The molecular weight excluding hydrogens is 455 g/mol. The second-order valence-electron chi connectivity index (χ2n) is 8.77. The first-order valence-corrected chi connectivity index (χ1v) is 12.0. The second kappa shape index (κ2) is 9.72. The Morgan fingerprint density at radius 1 is 1.03 bits per heavy atom. The van der Waals surface area contributed by atoms with Crippen LogP contribution in [0.2, 0.25) is 5.02 Å². The normalized spacial score (nSPS) is 18.9. The third kappa shape index (κ3) is 4.65. The van der Waals surface area contributed by atoms with Crippen molar-refractivity contribution in [3.8, 4) is 11.3 Å². The van der Waals surface area contributed by atoms with Gasteiger partial charge in [-0.2, -0.15) is 4.98 Å². The summed E-state index contributed by atoms with van der Waals surface area (Å²) in [7, 11) is 0. The first kappa shape index (κ1) is 22.8. The van der Waals surface area contributed by atoms with Crippen molar-refractivity contribution in [2.75, 3.05) is 60.6 Å². The summed E-state index contributed by atoms with van der Waals surface area (Å²) in [5.74, 6) is 2.15. The standard InChI is InChI=1S/C25H28ClFN6O/c1-17-14-19(5-6-21(17)27)22-15-23(30-25(29-22)31-10-12-34-13-11-31)33-9-8-32(16-18(33)2)24-20(26)4-3-7-28-24/h3-7,14-15,18H,8-13,16H2,1-2H3. The molecule has 5 rings (SSSR count). The predicted molar refractivity (Wildman–Crippen MR) is 133 cm³/mol. The molecule has 1 unspecified atom stereocenters. The van der Waals surface area contributed by atoms with Crippen LogP contribution in [0.3, 0.4) is 0 Å². The number of anilines is 3. The summed E-state index contributed by atoms with van der Waals surface area (Å²) in [6.45, 7) is 9.07. The van der Waals surface area contributed by atoms with Crippen molar-refractivity contribution >= 4 is 29.2 Å². The van der Waals surface area contributed by atoms with Crippen molar-refractivity contribution in [2.24, 2.45) is 0 Å². The fourth-order valence-electron chi connectivity index (χ4n) is 4.53. The summed E-state index contributed by atoms with van der Waals surface area (Å²) >= 11 is 6.40. The number of aromatic nitrogens is 3. The fraction of sp³-hybridized carbons (Fsp3) is 0.400. The summed E-state index contributed by atoms with van der Waals surface area (Å²) in [4.78, 5) is 21.0. The lowest BCUT2D eigenvalue weighted by Gasteiger charge is -2.41. The van der Waals surface area contributed by atoms with Gasteiger partial charge in [-0.25, -0.2) is 14.4 Å². The summed E-state index contributed by atoms with van der Waals surface area (Å²) < 4.78 is 19.4. The molecule has 2 aliphatic heterocycles. The lowest BCUT2D eigenvalue weighted by Crippen LogP contribution is -2.53. The quantitative estimate of drug-likeness (QED) is 0.552. The van der Waals surface area contributed by atoms with Gasteiger partial charge in [0.25, 0.3) is 0 Å². The zero-order valence-electron chi connectivity index (χ0n) is 19.4. The number of piperazine rings is 1. The molecule has 4 heterocycles. The van der Waals surface area contributed by atoms with Crippen LogP contribution in [0.15, 0.2) is 42.6 Å². The number of hydrogen-bond acceptors (Lipinski definition) is 7. The molecule has 1 aromatic carbocycles. The van der Waals surface area contributed by atoms with Crippen LogP contribution in [0.4, 0.5) is 22.0 Å². The van der Waals surface area contributed by atoms with Gasteiger partial charge in [0.2, 0.25) is 5.95 Å². The highest BCUT2D eigenvalue weighted by molar-refractivity contribution is 6.32. The van der Waals surface area contributed by atoms with Gasteiger partial charge in [-0.3, -0.25) is 0 Å². The number of hydrogen-bond donors (Lipinski definition) is 0. The molecule has 1 atom stereocenters. The molecule has 2 saturated heterocycles. The van der Waals surface area contributed by atoms with Crippen molar-refractivity contribution in [2.45, 2.75) is 19.9 Å². The van der Waals surface area contributed by atoms with Crippen LogP contribution in [0.25, 0.3) is 11.3 Å². The van der Waals surface area contributed by atoms with Crippen molar-refractivity contribution in [3.63, 3.8) is 0 Å². The van der Waals surface area contributed by atoms with Gasteiger partial charge < -0.3 is 19.4 Å². The maximum Gasteiger partial charge on any atom is 0.228 e. The number of aryl methyl sites for hydroxylation is 1. The second-order valence-corrected chi connectivity index (χ2v) is 9.18. The number of nitrogens with zero attached hydrogens (tertiary/aromatic N) is 6. The van der Waals surface area contributed by atoms with Crippen molar-refractivity contribution in [1.82, 2.24) is 15.0 Å². The van der Waals surface area contributed by atoms with E-state index in [1.54, 1.807) is 19.2 Å². The molecule has 2 aromatic heterocycles. The van der Waals surface area contributed by atoms with E-state index in [4.69, 9.17) is 26.3 Å². The predicted octanol–water partition coefficient (Wildman–Crippen LogP) is 4.19. The van der Waals surface area contributed by atoms with E-state index >= 15 is 0 Å². The maximum absolute atomic E-state index is 13.9. The van der Waals surface area contributed by atoms with Gasteiger partial charge in [0.15, 0.2) is 0 Å². The highest BCUT2D eigenvalue weighted by Crippen LogP contribution is 2.30. The molecule has 2 fully saturated rings. The molecule has 0 aliphatic carbocycles. The zero-order chi connectivity index (χ0) is 23.7. The number of pyridine rings is 1. The average molecular weight is 483 g/mol. The van der Waals surface area contributed by atoms with E-state index in [1.807, 2.05) is 24.3 Å². The van der Waals surface area contributed by atoms with E-state index in [0.29, 0.717) is 29.7 Å². The zero-order valence-corrected chi connectivity index (χ0v) is 20.2. The Morgan fingerprint density at radius 3 is 2.59 bits per heavy atom. The van der Waals surface area contributed by atoms with Gasteiger partial charge in [-0.1, -0.05) is 11.6 Å². The van der Waals surface area contributed by atoms with Crippen LogP contribution in [0.1, 0.15) is 12.5 Å². The summed E-state index contributed by atoms with van der Waals surface area (Å²) in [6.07, 6.45) is 1.77. The fourth-order valence-corrected chi connectivity index (χ4v) is 4.77. The number of rotatable bonds is 4. The van der Waals surface area contributed by atoms with E-state index in [1.165, 1.54) is 6.07 Å². The van der Waals surface area contributed by atoms with Gasteiger partial charge in [0.05, 0.1) is 23.9 Å². The molecule has 34 heavy (non-hydrogen) atoms. The maximum atomic E-state index is 13.9. The van der Waals surface area contributed by atoms with Crippen LogP contribution >= 0.6 is 11.6 Å². The van der Waals surface area contributed by atoms with Gasteiger partial charge in [0.1, 0.15) is 17.5 Å². The Labute approximate surface area is 204 Å². The summed E-state index contributed by atoms with van der Waals surface area (Å²) in [5, 5.41) is 0.661. The Bertz CT molecular complexity index is 1170. The van der Waals surface area contributed by atoms with E-state index in [2.05, 4.69) is 26.6 Å². The van der Waals surface area contributed by atoms with Gasteiger partial charge >= 0.3 is 0 Å². The lowest BCUT2D eigenvalue weighted by atomic mass is 10.1. The molecule has 2 aliphatic rings. The molecular formula is C25H28ClFN6O. The molecule has 7 nitrogen and oxygen atoms in total. The van der Waals surface area contributed by atoms with Crippen molar-refractivity contribution in [3.05, 3.63) is 59.0 Å². The Hall–Kier alpha value is -2.97. The van der Waals surface area contributed by atoms with Crippen LogP contribution in [-0.4, -0.2) is 66.9 Å². The smallest absolute Gasteiger partial charge is 0.228 e. The lowest BCUT2D eigenvalue weighted by molar-refractivity contribution is 0.122. The Morgan fingerprint density at radius 2 is 1.85 bits per heavy atom. The summed E-state index contributed by atoms with van der Waals surface area (Å²) in [5.41, 5.74) is 2.26. The van der Waals surface area contributed by atoms with Gasteiger partial charge in [-0.15, -0.1) is 0 Å². The Kier molecular flexibility index (Phi) is 6.52. The van der Waals surface area contributed by atoms with Crippen molar-refractivity contribution in [1.29, 1.82) is 0 Å². The molecule has 9 heteroatoms. The van der Waals surface area contributed by atoms with Crippen LogP contribution < -0.4 is 14.7 Å². The Balaban J connectivity index is 1.47. The minimum atomic E-state index is -0.218. The third-order valence-electron chi connectivity index (χ3n) is 6.41. The SMILES string of the molecule is Cc1cc(-c2cc(N3CCN(c4ncccc4Cl)CC3C)nc(N3CCOCC3)n2)ccc1F. The van der Waals surface area contributed by atoms with Gasteiger partial charge in [-0.05, 0) is 49.7 Å². The number of halogens is 2. The number of morpholine rings is 1. The largest absolute Gasteiger partial charge is 0.378 e. The minimum Gasteiger partial charge on any atom is -0.378 e. The highest BCUT2D eigenvalue weighted by Gasteiger charge is 2.28. The first-order valence-electron chi connectivity index (χ1n) is 11.6. The highest BCUT2D eigenvalue weighted by atomic mass is 35.5. The minimum absolute atomic E-state index is 0.182. The van der Waals surface area contributed by atoms with E-state index in [9.17, 15) is 4.39 Å². The first-order chi connectivity index (χ1) is 16.5. The number of ether oxygens (including phenoxy) is 1. The molecule has 0 N–H and O–H groups in total. The molecule has 178 valence electrons. The van der Waals surface area contributed by atoms with E-state index in [0.717, 1.165) is 55.6 Å². The third-order valence-corrected chi connectivity index (χ3v) is 6.70. The molecule has 0 bridgehead atoms. The number of benzene rings is 1. The molecule has 0 amide bonds. The van der Waals surface area contributed by atoms with E-state index < -0.39 is 0 Å². The van der Waals surface area contributed by atoms with Crippen LogP contribution in [-0.2, 0) is 4.74 Å². The molecule has 0 radical (unpaired) electrons. The average Bonchev–Trinajstić information content (AvgIpc) is 2.86. The van der Waals surface area contributed by atoms with Crippen LogP contribution in [0.5, 0.6) is 0 Å².